The standard InChI is InChI=1S/C14H21FN2O2/c1-4-16-13(19)9-17(5-2)14-11(10(3)18)7-6-8-12(14)15/h6-8,10,18H,4-5,9H2,1-3H3,(H,16,19)/t10-/m0/s1. The third-order valence-corrected chi connectivity index (χ3v) is 2.87. The molecule has 0 unspecified atom stereocenters. The Bertz CT molecular complexity index is 435. The van der Waals surface area contributed by atoms with E-state index >= 15 is 0 Å². The molecule has 4 nitrogen and oxygen atoms in total. The third-order valence-electron chi connectivity index (χ3n) is 2.87. The minimum absolute atomic E-state index is 0.0744. The number of rotatable bonds is 6. The second-order valence-corrected chi connectivity index (χ2v) is 4.32. The molecule has 0 aromatic heterocycles. The first kappa shape index (κ1) is 15.4. The van der Waals surface area contributed by atoms with Gasteiger partial charge in [0.1, 0.15) is 5.82 Å². The quantitative estimate of drug-likeness (QED) is 0.827. The van der Waals surface area contributed by atoms with Crippen molar-refractivity contribution in [3.05, 3.63) is 29.6 Å². The minimum Gasteiger partial charge on any atom is -0.389 e. The van der Waals surface area contributed by atoms with E-state index in [-0.39, 0.29) is 12.5 Å². The molecule has 0 aliphatic rings. The number of nitrogens with one attached hydrogen (secondary N) is 1. The number of hydrogen-bond donors (Lipinski definition) is 2. The first-order valence-electron chi connectivity index (χ1n) is 6.49. The largest absolute Gasteiger partial charge is 0.389 e. The number of nitrogens with zero attached hydrogens (tertiary/aromatic N) is 1. The van der Waals surface area contributed by atoms with E-state index in [0.717, 1.165) is 0 Å². The molecule has 106 valence electrons. The Hall–Kier alpha value is -1.62. The summed E-state index contributed by atoms with van der Waals surface area (Å²) in [6, 6.07) is 4.56. The predicted octanol–water partition coefficient (Wildman–Crippen LogP) is 1.84. The Balaban J connectivity index is 3.07. The predicted molar refractivity (Wildman–Crippen MR) is 73.6 cm³/mol. The number of carbonyl (C=O) groups is 1. The van der Waals surface area contributed by atoms with E-state index in [1.807, 2.05) is 13.8 Å². The molecule has 0 radical (unpaired) electrons. The number of benzene rings is 1. The number of likely N-dealkylation sites (N-methyl/N-ethyl adjacent to an activating group) is 2. The molecule has 1 aromatic rings. The average molecular weight is 268 g/mol. The van der Waals surface area contributed by atoms with Gasteiger partial charge < -0.3 is 15.3 Å². The van der Waals surface area contributed by atoms with Gasteiger partial charge in [-0.15, -0.1) is 0 Å². The maximum absolute atomic E-state index is 14.0. The molecule has 0 spiro atoms. The zero-order valence-corrected chi connectivity index (χ0v) is 11.6. The molecule has 0 saturated carbocycles. The van der Waals surface area contributed by atoms with Crippen LogP contribution >= 0.6 is 0 Å². The lowest BCUT2D eigenvalue weighted by molar-refractivity contribution is -0.119. The molecule has 1 rings (SSSR count). The molecule has 0 aliphatic heterocycles. The van der Waals surface area contributed by atoms with E-state index in [1.54, 1.807) is 24.0 Å². The molecule has 0 saturated heterocycles. The van der Waals surface area contributed by atoms with Gasteiger partial charge >= 0.3 is 0 Å². The van der Waals surface area contributed by atoms with Crippen LogP contribution in [0.25, 0.3) is 0 Å². The fourth-order valence-corrected chi connectivity index (χ4v) is 1.98. The maximum Gasteiger partial charge on any atom is 0.239 e. The van der Waals surface area contributed by atoms with Crippen molar-refractivity contribution < 1.29 is 14.3 Å². The molecule has 1 aromatic carbocycles. The summed E-state index contributed by atoms with van der Waals surface area (Å²) >= 11 is 0. The Morgan fingerprint density at radius 1 is 1.47 bits per heavy atom. The Kier molecular flexibility index (Phi) is 5.76. The van der Waals surface area contributed by atoms with Gasteiger partial charge in [-0.25, -0.2) is 4.39 Å². The highest BCUT2D eigenvalue weighted by Crippen LogP contribution is 2.29. The van der Waals surface area contributed by atoms with Crippen LogP contribution < -0.4 is 10.2 Å². The molecule has 1 amide bonds. The van der Waals surface area contributed by atoms with E-state index in [9.17, 15) is 14.3 Å². The lowest BCUT2D eigenvalue weighted by Gasteiger charge is -2.26. The lowest BCUT2D eigenvalue weighted by atomic mass is 10.1. The highest BCUT2D eigenvalue weighted by molar-refractivity contribution is 5.81. The van der Waals surface area contributed by atoms with Crippen LogP contribution in [-0.2, 0) is 4.79 Å². The average Bonchev–Trinajstić information content (AvgIpc) is 2.36. The molecule has 0 heterocycles. The number of aliphatic hydroxyl groups is 1. The molecule has 0 bridgehead atoms. The zero-order valence-electron chi connectivity index (χ0n) is 11.6. The molecule has 0 fully saturated rings. The Morgan fingerprint density at radius 3 is 2.68 bits per heavy atom. The fourth-order valence-electron chi connectivity index (χ4n) is 1.98. The van der Waals surface area contributed by atoms with Gasteiger partial charge in [-0.2, -0.15) is 0 Å². The molecule has 19 heavy (non-hydrogen) atoms. The lowest BCUT2D eigenvalue weighted by Crippen LogP contribution is -2.38. The van der Waals surface area contributed by atoms with Crippen LogP contribution in [0.4, 0.5) is 10.1 Å². The summed E-state index contributed by atoms with van der Waals surface area (Å²) in [6.45, 7) is 6.36. The molecule has 1 atom stereocenters. The summed E-state index contributed by atoms with van der Waals surface area (Å²) < 4.78 is 14.0. The second-order valence-electron chi connectivity index (χ2n) is 4.32. The van der Waals surface area contributed by atoms with Gasteiger partial charge in [0.05, 0.1) is 18.3 Å². The van der Waals surface area contributed by atoms with E-state index in [0.29, 0.717) is 24.3 Å². The van der Waals surface area contributed by atoms with Crippen molar-refractivity contribution in [2.45, 2.75) is 26.9 Å². The fraction of sp³-hybridized carbons (Fsp3) is 0.500. The zero-order chi connectivity index (χ0) is 14.4. The van der Waals surface area contributed by atoms with Crippen molar-refractivity contribution >= 4 is 11.6 Å². The molecular weight excluding hydrogens is 247 g/mol. The summed E-state index contributed by atoms with van der Waals surface area (Å²) in [4.78, 5) is 13.3. The van der Waals surface area contributed by atoms with E-state index < -0.39 is 11.9 Å². The van der Waals surface area contributed by atoms with Crippen molar-refractivity contribution in [3.63, 3.8) is 0 Å². The summed E-state index contributed by atoms with van der Waals surface area (Å²) in [5, 5.41) is 12.4. The van der Waals surface area contributed by atoms with Crippen LogP contribution in [0.1, 0.15) is 32.4 Å². The summed E-state index contributed by atoms with van der Waals surface area (Å²) in [5.74, 6) is -0.589. The minimum atomic E-state index is -0.783. The normalized spacial score (nSPS) is 12.1. The van der Waals surface area contributed by atoms with Crippen LogP contribution in [0.2, 0.25) is 0 Å². The van der Waals surface area contributed by atoms with Crippen LogP contribution in [0.15, 0.2) is 18.2 Å². The summed E-state index contributed by atoms with van der Waals surface area (Å²) in [7, 11) is 0. The smallest absolute Gasteiger partial charge is 0.239 e. The SMILES string of the molecule is CCNC(=O)CN(CC)c1c(F)cccc1[C@H](C)O. The van der Waals surface area contributed by atoms with Crippen LogP contribution in [0.5, 0.6) is 0 Å². The van der Waals surface area contributed by atoms with Gasteiger partial charge in [-0.3, -0.25) is 4.79 Å². The summed E-state index contributed by atoms with van der Waals surface area (Å²) in [5.41, 5.74) is 0.789. The van der Waals surface area contributed by atoms with Crippen LogP contribution in [-0.4, -0.2) is 30.6 Å². The van der Waals surface area contributed by atoms with E-state index in [1.165, 1.54) is 6.07 Å². The van der Waals surface area contributed by atoms with E-state index in [4.69, 9.17) is 0 Å². The first-order chi connectivity index (χ1) is 9.01. The number of carbonyl (C=O) groups excluding carboxylic acids is 1. The van der Waals surface area contributed by atoms with E-state index in [2.05, 4.69) is 5.32 Å². The van der Waals surface area contributed by atoms with Gasteiger partial charge in [0, 0.05) is 18.7 Å². The Morgan fingerprint density at radius 2 is 2.16 bits per heavy atom. The number of para-hydroxylation sites is 1. The highest BCUT2D eigenvalue weighted by Gasteiger charge is 2.19. The number of aliphatic hydroxyl groups excluding tert-OH is 1. The second kappa shape index (κ2) is 7.09. The van der Waals surface area contributed by atoms with Gasteiger partial charge in [-0.05, 0) is 26.8 Å². The summed E-state index contributed by atoms with van der Waals surface area (Å²) in [6.07, 6.45) is -0.783. The topological polar surface area (TPSA) is 52.6 Å². The molecule has 0 aliphatic carbocycles. The van der Waals surface area contributed by atoms with Crippen LogP contribution in [0, 0.1) is 5.82 Å². The van der Waals surface area contributed by atoms with Crippen LogP contribution in [0.3, 0.4) is 0 Å². The van der Waals surface area contributed by atoms with Gasteiger partial charge in [-0.1, -0.05) is 12.1 Å². The van der Waals surface area contributed by atoms with Crippen molar-refractivity contribution in [1.82, 2.24) is 5.32 Å². The van der Waals surface area contributed by atoms with Gasteiger partial charge in [0.15, 0.2) is 0 Å². The van der Waals surface area contributed by atoms with Crippen molar-refractivity contribution in [2.24, 2.45) is 0 Å². The number of anilines is 1. The van der Waals surface area contributed by atoms with Crippen molar-refractivity contribution in [1.29, 1.82) is 0 Å². The first-order valence-corrected chi connectivity index (χ1v) is 6.49. The highest BCUT2D eigenvalue weighted by atomic mass is 19.1. The van der Waals surface area contributed by atoms with Gasteiger partial charge in [0.2, 0.25) is 5.91 Å². The number of halogens is 1. The third kappa shape index (κ3) is 3.92. The molecule has 2 N–H and O–H groups in total. The van der Waals surface area contributed by atoms with Gasteiger partial charge in [0.25, 0.3) is 0 Å². The number of hydrogen-bond acceptors (Lipinski definition) is 3. The maximum atomic E-state index is 14.0. The monoisotopic (exact) mass is 268 g/mol. The Labute approximate surface area is 113 Å². The van der Waals surface area contributed by atoms with Crippen molar-refractivity contribution in [3.8, 4) is 0 Å². The number of amides is 1. The molecule has 5 heteroatoms. The molecular formula is C14H21FN2O2. The van der Waals surface area contributed by atoms with Crippen molar-refractivity contribution in [2.75, 3.05) is 24.5 Å².